The van der Waals surface area contributed by atoms with E-state index in [1.54, 1.807) is 25.7 Å². The summed E-state index contributed by atoms with van der Waals surface area (Å²) in [4.78, 5) is 0. The molecule has 1 saturated carbocycles. The molecule has 1 aliphatic rings. The summed E-state index contributed by atoms with van der Waals surface area (Å²) in [5, 5.41) is 0. The van der Waals surface area contributed by atoms with Crippen molar-refractivity contribution in [2.75, 3.05) is 0 Å². The summed E-state index contributed by atoms with van der Waals surface area (Å²) in [6, 6.07) is 0. The SMILES string of the molecule is CCCCCCCCCC1(CCCCCCCCC)CCCC1. The van der Waals surface area contributed by atoms with Crippen LogP contribution in [0.2, 0.25) is 0 Å². The summed E-state index contributed by atoms with van der Waals surface area (Å²) in [6.07, 6.45) is 29.8. The van der Waals surface area contributed by atoms with Gasteiger partial charge >= 0.3 is 0 Å². The number of unbranched alkanes of at least 4 members (excludes halogenated alkanes) is 12. The lowest BCUT2D eigenvalue weighted by molar-refractivity contribution is 0.229. The minimum absolute atomic E-state index is 0.785. The summed E-state index contributed by atoms with van der Waals surface area (Å²) >= 11 is 0. The number of rotatable bonds is 16. The molecule has 0 heteroatoms. The van der Waals surface area contributed by atoms with E-state index in [0.29, 0.717) is 0 Å². The first kappa shape index (κ1) is 21.0. The standard InChI is InChI=1S/C23H46/c1-3-5-7-9-11-13-15-19-23(21-17-18-22-23)20-16-14-12-10-8-6-4-2/h3-22H2,1-2H3. The molecule has 0 heterocycles. The molecule has 1 aliphatic carbocycles. The fourth-order valence-electron chi connectivity index (χ4n) is 4.66. The number of hydrogen-bond acceptors (Lipinski definition) is 0. The monoisotopic (exact) mass is 322 g/mol. The average molecular weight is 323 g/mol. The highest BCUT2D eigenvalue weighted by molar-refractivity contribution is 4.84. The summed E-state index contributed by atoms with van der Waals surface area (Å²) in [6.45, 7) is 4.63. The molecule has 0 aromatic heterocycles. The third-order valence-electron chi connectivity index (χ3n) is 6.29. The molecule has 0 aliphatic heterocycles. The van der Waals surface area contributed by atoms with Crippen molar-refractivity contribution in [3.05, 3.63) is 0 Å². The molecule has 0 bridgehead atoms. The predicted molar refractivity (Wildman–Crippen MR) is 106 cm³/mol. The largest absolute Gasteiger partial charge is 0.0654 e. The van der Waals surface area contributed by atoms with E-state index in [0.717, 1.165) is 5.41 Å². The zero-order chi connectivity index (χ0) is 16.6. The van der Waals surface area contributed by atoms with Gasteiger partial charge in [-0.05, 0) is 31.1 Å². The van der Waals surface area contributed by atoms with Crippen LogP contribution < -0.4 is 0 Å². The van der Waals surface area contributed by atoms with E-state index < -0.39 is 0 Å². The second-order valence-corrected chi connectivity index (χ2v) is 8.45. The van der Waals surface area contributed by atoms with Gasteiger partial charge in [0.05, 0.1) is 0 Å². The van der Waals surface area contributed by atoms with E-state index in [1.165, 1.54) is 103 Å². The summed E-state index contributed by atoms with van der Waals surface area (Å²) in [5.41, 5.74) is 0.785. The van der Waals surface area contributed by atoms with Gasteiger partial charge in [-0.25, -0.2) is 0 Å². The van der Waals surface area contributed by atoms with E-state index in [1.807, 2.05) is 0 Å². The topological polar surface area (TPSA) is 0 Å². The number of hydrogen-bond donors (Lipinski definition) is 0. The lowest BCUT2D eigenvalue weighted by Crippen LogP contribution is -2.16. The minimum Gasteiger partial charge on any atom is -0.0654 e. The van der Waals surface area contributed by atoms with Crippen LogP contribution in [0.15, 0.2) is 0 Å². The van der Waals surface area contributed by atoms with E-state index in [4.69, 9.17) is 0 Å². The molecule has 0 amide bonds. The molecule has 138 valence electrons. The summed E-state index contributed by atoms with van der Waals surface area (Å²) < 4.78 is 0. The molecule has 0 aromatic rings. The Morgan fingerprint density at radius 2 is 0.826 bits per heavy atom. The van der Waals surface area contributed by atoms with E-state index in [2.05, 4.69) is 13.8 Å². The van der Waals surface area contributed by atoms with Crippen molar-refractivity contribution in [3.8, 4) is 0 Å². The Balaban J connectivity index is 2.05. The van der Waals surface area contributed by atoms with E-state index in [9.17, 15) is 0 Å². The van der Waals surface area contributed by atoms with Gasteiger partial charge in [0.2, 0.25) is 0 Å². The molecule has 0 unspecified atom stereocenters. The predicted octanol–water partition coefficient (Wildman–Crippen LogP) is 8.83. The Bertz CT molecular complexity index is 216. The van der Waals surface area contributed by atoms with Crippen LogP contribution in [0, 0.1) is 5.41 Å². The van der Waals surface area contributed by atoms with E-state index >= 15 is 0 Å². The zero-order valence-electron chi connectivity index (χ0n) is 16.6. The zero-order valence-corrected chi connectivity index (χ0v) is 16.6. The van der Waals surface area contributed by atoms with Gasteiger partial charge in [0, 0.05) is 0 Å². The Hall–Kier alpha value is 0. The van der Waals surface area contributed by atoms with Gasteiger partial charge in [0.25, 0.3) is 0 Å². The van der Waals surface area contributed by atoms with Crippen LogP contribution in [0.4, 0.5) is 0 Å². The van der Waals surface area contributed by atoms with Gasteiger partial charge in [-0.3, -0.25) is 0 Å². The Morgan fingerprint density at radius 1 is 0.478 bits per heavy atom. The smallest absolute Gasteiger partial charge is 0.0297 e. The lowest BCUT2D eigenvalue weighted by Gasteiger charge is -2.29. The first-order valence-corrected chi connectivity index (χ1v) is 11.3. The maximum atomic E-state index is 2.31. The van der Waals surface area contributed by atoms with Crippen LogP contribution in [-0.4, -0.2) is 0 Å². The summed E-state index contributed by atoms with van der Waals surface area (Å²) in [5.74, 6) is 0. The molecule has 0 N–H and O–H groups in total. The second-order valence-electron chi connectivity index (χ2n) is 8.45. The fraction of sp³-hybridized carbons (Fsp3) is 1.00. The highest BCUT2D eigenvalue weighted by atomic mass is 14.4. The first-order chi connectivity index (χ1) is 11.3. The first-order valence-electron chi connectivity index (χ1n) is 11.3. The molecular weight excluding hydrogens is 276 g/mol. The van der Waals surface area contributed by atoms with Gasteiger partial charge in [-0.2, -0.15) is 0 Å². The highest BCUT2D eigenvalue weighted by Crippen LogP contribution is 2.46. The van der Waals surface area contributed by atoms with Crippen LogP contribution in [0.5, 0.6) is 0 Å². The van der Waals surface area contributed by atoms with Crippen molar-refractivity contribution < 1.29 is 0 Å². The lowest BCUT2D eigenvalue weighted by atomic mass is 9.76. The maximum Gasteiger partial charge on any atom is -0.0297 e. The third-order valence-corrected chi connectivity index (χ3v) is 6.29. The second kappa shape index (κ2) is 14.4. The Kier molecular flexibility index (Phi) is 13.1. The minimum atomic E-state index is 0.785. The summed E-state index contributed by atoms with van der Waals surface area (Å²) in [7, 11) is 0. The Labute approximate surface area is 148 Å². The molecule has 0 atom stereocenters. The van der Waals surface area contributed by atoms with Gasteiger partial charge in [0.15, 0.2) is 0 Å². The van der Waals surface area contributed by atoms with Gasteiger partial charge in [0.1, 0.15) is 0 Å². The highest BCUT2D eigenvalue weighted by Gasteiger charge is 2.32. The third kappa shape index (κ3) is 10.5. The molecule has 1 rings (SSSR count). The van der Waals surface area contributed by atoms with Crippen molar-refractivity contribution in [2.24, 2.45) is 5.41 Å². The fourth-order valence-corrected chi connectivity index (χ4v) is 4.66. The maximum absolute atomic E-state index is 2.31. The van der Waals surface area contributed by atoms with Gasteiger partial charge in [-0.15, -0.1) is 0 Å². The van der Waals surface area contributed by atoms with Gasteiger partial charge < -0.3 is 0 Å². The van der Waals surface area contributed by atoms with Crippen LogP contribution in [0.1, 0.15) is 142 Å². The van der Waals surface area contributed by atoms with Crippen molar-refractivity contribution in [1.29, 1.82) is 0 Å². The van der Waals surface area contributed by atoms with Crippen LogP contribution in [-0.2, 0) is 0 Å². The Morgan fingerprint density at radius 3 is 1.22 bits per heavy atom. The molecule has 0 nitrogen and oxygen atoms in total. The van der Waals surface area contributed by atoms with Crippen LogP contribution in [0.25, 0.3) is 0 Å². The van der Waals surface area contributed by atoms with Crippen LogP contribution >= 0.6 is 0 Å². The molecule has 0 spiro atoms. The normalized spacial score (nSPS) is 17.0. The molecule has 0 aromatic carbocycles. The van der Waals surface area contributed by atoms with E-state index in [-0.39, 0.29) is 0 Å². The molecule has 23 heavy (non-hydrogen) atoms. The molecule has 0 saturated heterocycles. The van der Waals surface area contributed by atoms with Gasteiger partial charge in [-0.1, -0.05) is 117 Å². The molecule has 1 fully saturated rings. The van der Waals surface area contributed by atoms with Crippen molar-refractivity contribution in [3.63, 3.8) is 0 Å². The van der Waals surface area contributed by atoms with Crippen LogP contribution in [0.3, 0.4) is 0 Å². The van der Waals surface area contributed by atoms with Crippen molar-refractivity contribution in [2.45, 2.75) is 142 Å². The quantitative estimate of drug-likeness (QED) is 0.249. The van der Waals surface area contributed by atoms with Crippen molar-refractivity contribution in [1.82, 2.24) is 0 Å². The average Bonchev–Trinajstić information content (AvgIpc) is 3.02. The molecule has 0 radical (unpaired) electrons. The van der Waals surface area contributed by atoms with Crippen molar-refractivity contribution >= 4 is 0 Å². The molecular formula is C23H46.